The molecule has 1 aromatic heterocycles. The molecule has 0 amide bonds. The molecule has 3 nitrogen and oxygen atoms in total. The van der Waals surface area contributed by atoms with E-state index in [-0.39, 0.29) is 5.76 Å². The summed E-state index contributed by atoms with van der Waals surface area (Å²) in [5, 5.41) is 0. The molecule has 2 rings (SSSR count). The second-order valence-electron chi connectivity index (χ2n) is 2.38. The van der Waals surface area contributed by atoms with Gasteiger partial charge in [0.25, 0.3) is 0 Å². The Morgan fingerprint density at radius 3 is 2.92 bits per heavy atom. The highest BCUT2D eigenvalue weighted by molar-refractivity contribution is 14.1. The molecule has 2 aromatic rings. The van der Waals surface area contributed by atoms with Crippen LogP contribution in [0.3, 0.4) is 0 Å². The number of hydrogen-bond acceptors (Lipinski definition) is 2. The lowest BCUT2D eigenvalue weighted by molar-refractivity contribution is 0.528. The molecule has 0 aliphatic rings. The zero-order chi connectivity index (χ0) is 8.55. The Hall–Kier alpha value is -0.780. The SMILES string of the molecule is O=c1oc2ccccc2n1CI. The molecule has 0 aliphatic heterocycles. The number of rotatable bonds is 1. The van der Waals surface area contributed by atoms with Crippen molar-refractivity contribution >= 4 is 33.7 Å². The molecule has 0 N–H and O–H groups in total. The number of nitrogens with zero attached hydrogens (tertiary/aromatic N) is 1. The second-order valence-corrected chi connectivity index (χ2v) is 3.07. The van der Waals surface area contributed by atoms with Crippen molar-refractivity contribution in [3.63, 3.8) is 0 Å². The molecule has 4 heteroatoms. The Balaban J connectivity index is 2.91. The van der Waals surface area contributed by atoms with Gasteiger partial charge in [0, 0.05) is 0 Å². The van der Waals surface area contributed by atoms with E-state index in [4.69, 9.17) is 4.42 Å². The van der Waals surface area contributed by atoms with E-state index in [1.807, 2.05) is 18.2 Å². The summed E-state index contributed by atoms with van der Waals surface area (Å²) in [6.07, 6.45) is 0. The lowest BCUT2D eigenvalue weighted by Gasteiger charge is -1.91. The first-order valence-electron chi connectivity index (χ1n) is 3.47. The molecule has 0 unspecified atom stereocenters. The van der Waals surface area contributed by atoms with Crippen LogP contribution in [0.15, 0.2) is 33.5 Å². The lowest BCUT2D eigenvalue weighted by atomic mass is 10.3. The summed E-state index contributed by atoms with van der Waals surface area (Å²) in [6, 6.07) is 7.40. The predicted octanol–water partition coefficient (Wildman–Crippen LogP) is 1.99. The Bertz CT molecular complexity index is 457. The van der Waals surface area contributed by atoms with E-state index in [1.54, 1.807) is 10.6 Å². The van der Waals surface area contributed by atoms with Gasteiger partial charge in [0.2, 0.25) is 0 Å². The molecular formula is C8H6INO2. The zero-order valence-electron chi connectivity index (χ0n) is 6.16. The largest absolute Gasteiger partial charge is 0.420 e. The minimum atomic E-state index is -0.286. The van der Waals surface area contributed by atoms with Gasteiger partial charge in [0.1, 0.15) is 0 Å². The average molecular weight is 275 g/mol. The quantitative estimate of drug-likeness (QED) is 0.589. The minimum Gasteiger partial charge on any atom is -0.408 e. The first-order chi connectivity index (χ1) is 5.83. The molecule has 0 bridgehead atoms. The first-order valence-corrected chi connectivity index (χ1v) is 5.00. The molecule has 62 valence electrons. The summed E-state index contributed by atoms with van der Waals surface area (Å²) in [7, 11) is 0. The predicted molar refractivity (Wildman–Crippen MR) is 54.5 cm³/mol. The summed E-state index contributed by atoms with van der Waals surface area (Å²) >= 11 is 2.13. The van der Waals surface area contributed by atoms with E-state index in [1.165, 1.54) is 0 Å². The van der Waals surface area contributed by atoms with E-state index < -0.39 is 0 Å². The number of benzene rings is 1. The number of fused-ring (bicyclic) bond motifs is 1. The third-order valence-corrected chi connectivity index (χ3v) is 2.38. The van der Waals surface area contributed by atoms with Crippen molar-refractivity contribution in [3.05, 3.63) is 34.8 Å². The van der Waals surface area contributed by atoms with Gasteiger partial charge in [-0.05, 0) is 12.1 Å². The van der Waals surface area contributed by atoms with Crippen LogP contribution in [-0.4, -0.2) is 4.57 Å². The Morgan fingerprint density at radius 2 is 2.17 bits per heavy atom. The van der Waals surface area contributed by atoms with Crippen LogP contribution in [0.1, 0.15) is 0 Å². The van der Waals surface area contributed by atoms with Gasteiger partial charge >= 0.3 is 5.76 Å². The molecule has 12 heavy (non-hydrogen) atoms. The van der Waals surface area contributed by atoms with E-state index in [2.05, 4.69) is 22.6 Å². The molecule has 1 aromatic carbocycles. The zero-order valence-corrected chi connectivity index (χ0v) is 8.32. The van der Waals surface area contributed by atoms with Gasteiger partial charge in [-0.15, -0.1) is 0 Å². The minimum absolute atomic E-state index is 0.286. The van der Waals surface area contributed by atoms with Crippen molar-refractivity contribution in [2.45, 2.75) is 4.55 Å². The lowest BCUT2D eigenvalue weighted by Crippen LogP contribution is -2.10. The molecule has 0 radical (unpaired) electrons. The van der Waals surface area contributed by atoms with Crippen molar-refractivity contribution in [1.29, 1.82) is 0 Å². The summed E-state index contributed by atoms with van der Waals surface area (Å²) in [5.41, 5.74) is 1.51. The average Bonchev–Trinajstić information content (AvgIpc) is 2.40. The van der Waals surface area contributed by atoms with Crippen LogP contribution in [0.4, 0.5) is 0 Å². The van der Waals surface area contributed by atoms with Crippen molar-refractivity contribution in [3.8, 4) is 0 Å². The smallest absolute Gasteiger partial charge is 0.408 e. The summed E-state index contributed by atoms with van der Waals surface area (Å²) in [6.45, 7) is 0. The number of alkyl halides is 1. The number of halogens is 1. The van der Waals surface area contributed by atoms with Crippen molar-refractivity contribution in [2.75, 3.05) is 0 Å². The summed E-state index contributed by atoms with van der Waals surface area (Å²) in [5.74, 6) is -0.286. The van der Waals surface area contributed by atoms with Crippen molar-refractivity contribution < 1.29 is 4.42 Å². The number of para-hydroxylation sites is 2. The highest BCUT2D eigenvalue weighted by atomic mass is 127. The van der Waals surface area contributed by atoms with E-state index in [0.29, 0.717) is 10.1 Å². The number of aromatic nitrogens is 1. The Morgan fingerprint density at radius 1 is 1.42 bits per heavy atom. The van der Waals surface area contributed by atoms with Crippen LogP contribution in [0.2, 0.25) is 0 Å². The van der Waals surface area contributed by atoms with Crippen molar-refractivity contribution in [1.82, 2.24) is 4.57 Å². The molecule has 0 aliphatic carbocycles. The van der Waals surface area contributed by atoms with Crippen LogP contribution < -0.4 is 5.76 Å². The Labute approximate surface area is 82.1 Å². The highest BCUT2D eigenvalue weighted by Gasteiger charge is 2.05. The fourth-order valence-corrected chi connectivity index (χ4v) is 1.77. The maximum absolute atomic E-state index is 11.2. The van der Waals surface area contributed by atoms with Crippen LogP contribution in [0.25, 0.3) is 11.1 Å². The molecule has 0 fully saturated rings. The van der Waals surface area contributed by atoms with Gasteiger partial charge in [-0.25, -0.2) is 4.79 Å². The van der Waals surface area contributed by atoms with Crippen LogP contribution in [0, 0.1) is 0 Å². The fraction of sp³-hybridized carbons (Fsp3) is 0.125. The molecule has 0 spiro atoms. The van der Waals surface area contributed by atoms with Gasteiger partial charge in [0.05, 0.1) is 10.1 Å². The Kier molecular flexibility index (Phi) is 1.92. The van der Waals surface area contributed by atoms with E-state index >= 15 is 0 Å². The van der Waals surface area contributed by atoms with Crippen molar-refractivity contribution in [2.24, 2.45) is 0 Å². The molecule has 0 saturated carbocycles. The summed E-state index contributed by atoms with van der Waals surface area (Å²) in [4.78, 5) is 11.2. The normalized spacial score (nSPS) is 10.8. The number of hydrogen-bond donors (Lipinski definition) is 0. The fourth-order valence-electron chi connectivity index (χ4n) is 1.13. The summed E-state index contributed by atoms with van der Waals surface area (Å²) < 4.78 is 7.20. The molecule has 0 saturated heterocycles. The standard InChI is InChI=1S/C8H6INO2/c9-5-10-6-3-1-2-4-7(6)12-8(10)11/h1-4H,5H2. The molecule has 0 atom stereocenters. The van der Waals surface area contributed by atoms with Gasteiger partial charge in [-0.1, -0.05) is 34.7 Å². The maximum atomic E-state index is 11.2. The van der Waals surface area contributed by atoms with Crippen LogP contribution in [-0.2, 0) is 4.55 Å². The van der Waals surface area contributed by atoms with Crippen LogP contribution in [0.5, 0.6) is 0 Å². The second kappa shape index (κ2) is 2.93. The monoisotopic (exact) mass is 275 g/mol. The van der Waals surface area contributed by atoms with Gasteiger partial charge in [-0.2, -0.15) is 0 Å². The molecule has 1 heterocycles. The van der Waals surface area contributed by atoms with E-state index in [9.17, 15) is 4.79 Å². The third-order valence-electron chi connectivity index (χ3n) is 1.69. The first kappa shape index (κ1) is 7.85. The van der Waals surface area contributed by atoms with E-state index in [0.717, 1.165) is 5.52 Å². The van der Waals surface area contributed by atoms with Crippen LogP contribution >= 0.6 is 22.6 Å². The van der Waals surface area contributed by atoms with Gasteiger partial charge in [-0.3, -0.25) is 4.57 Å². The topological polar surface area (TPSA) is 35.1 Å². The highest BCUT2D eigenvalue weighted by Crippen LogP contribution is 2.12. The van der Waals surface area contributed by atoms with Gasteiger partial charge in [0.15, 0.2) is 5.58 Å². The van der Waals surface area contributed by atoms with Gasteiger partial charge < -0.3 is 4.42 Å². The third kappa shape index (κ3) is 1.06. The molecular weight excluding hydrogens is 269 g/mol. The maximum Gasteiger partial charge on any atom is 0.420 e. The number of oxazole rings is 1.